The van der Waals surface area contributed by atoms with Gasteiger partial charge in [-0.2, -0.15) is 0 Å². The number of rotatable bonds is 5. The minimum atomic E-state index is -0.551. The lowest BCUT2D eigenvalue weighted by Crippen LogP contribution is -2.33. The fourth-order valence-corrected chi connectivity index (χ4v) is 3.78. The van der Waals surface area contributed by atoms with Crippen LogP contribution in [0.4, 0.5) is 9.52 Å². The Hall–Kier alpha value is -3.86. The number of thiazole rings is 1. The Bertz CT molecular complexity index is 1430. The van der Waals surface area contributed by atoms with Gasteiger partial charge in [-0.05, 0) is 24.3 Å². The number of nitrogens with zero attached hydrogens (tertiary/aromatic N) is 3. The van der Waals surface area contributed by atoms with Crippen molar-refractivity contribution in [3.05, 3.63) is 68.2 Å². The van der Waals surface area contributed by atoms with Crippen LogP contribution in [0.5, 0.6) is 5.75 Å². The summed E-state index contributed by atoms with van der Waals surface area (Å²) in [6, 6.07) is 5.97. The van der Waals surface area contributed by atoms with Crippen LogP contribution < -0.4 is 21.3 Å². The van der Waals surface area contributed by atoms with Gasteiger partial charge >= 0.3 is 5.69 Å². The molecular formula is C20H16FN5O4S. The van der Waals surface area contributed by atoms with E-state index in [4.69, 9.17) is 4.74 Å². The molecule has 3 heterocycles. The number of carbonyl (C=O) groups excluding carboxylic acids is 1. The van der Waals surface area contributed by atoms with Crippen molar-refractivity contribution in [2.75, 3.05) is 12.4 Å². The Labute approximate surface area is 178 Å². The second kappa shape index (κ2) is 8.11. The molecule has 0 saturated carbocycles. The lowest BCUT2D eigenvalue weighted by atomic mass is 10.1. The van der Waals surface area contributed by atoms with Crippen LogP contribution in [0, 0.1) is 5.82 Å². The number of halogens is 1. The third-order valence-electron chi connectivity index (χ3n) is 4.62. The molecule has 1 amide bonds. The van der Waals surface area contributed by atoms with Crippen molar-refractivity contribution in [1.29, 1.82) is 0 Å². The lowest BCUT2D eigenvalue weighted by Gasteiger charge is -2.06. The monoisotopic (exact) mass is 441 g/mol. The van der Waals surface area contributed by atoms with Gasteiger partial charge in [0.05, 0.1) is 35.8 Å². The maximum absolute atomic E-state index is 13.9. The minimum absolute atomic E-state index is 0.127. The number of pyridine rings is 1. The smallest absolute Gasteiger partial charge is 0.328 e. The summed E-state index contributed by atoms with van der Waals surface area (Å²) < 4.78 is 19.8. The molecule has 2 N–H and O–H groups in total. The van der Waals surface area contributed by atoms with E-state index in [0.717, 1.165) is 4.57 Å². The van der Waals surface area contributed by atoms with Crippen LogP contribution >= 0.6 is 11.3 Å². The molecular weight excluding hydrogens is 425 g/mol. The summed E-state index contributed by atoms with van der Waals surface area (Å²) in [4.78, 5) is 47.8. The van der Waals surface area contributed by atoms with Crippen molar-refractivity contribution in [1.82, 2.24) is 19.5 Å². The largest absolute Gasteiger partial charge is 0.494 e. The van der Waals surface area contributed by atoms with Gasteiger partial charge in [-0.25, -0.2) is 14.2 Å². The Kier molecular flexibility index (Phi) is 5.34. The third-order valence-corrected chi connectivity index (χ3v) is 5.38. The summed E-state index contributed by atoms with van der Waals surface area (Å²) in [6.07, 6.45) is 1.23. The average molecular weight is 441 g/mol. The van der Waals surface area contributed by atoms with E-state index in [1.54, 1.807) is 11.4 Å². The molecule has 0 aliphatic carbocycles. The standard InChI is InChI=1S/C20H16FN5O4S/c1-26-18(28)17-12(24-20(26)29)5-6-22-13(17)8-16(27)25-19-23-14(9-31-19)10-3-4-15(30-2)11(21)7-10/h3-7,9H,8H2,1-2H3,(H,24,29)(H,23,25,27). The number of H-pyrrole nitrogens is 1. The fraction of sp³-hybridized carbons (Fsp3) is 0.150. The van der Waals surface area contributed by atoms with Crippen molar-refractivity contribution in [2.24, 2.45) is 7.05 Å². The van der Waals surface area contributed by atoms with E-state index in [-0.39, 0.29) is 23.3 Å². The summed E-state index contributed by atoms with van der Waals surface area (Å²) in [5.41, 5.74) is 0.497. The molecule has 0 aliphatic rings. The van der Waals surface area contributed by atoms with Crippen LogP contribution in [0.2, 0.25) is 0 Å². The van der Waals surface area contributed by atoms with Gasteiger partial charge in [0, 0.05) is 24.2 Å². The molecule has 31 heavy (non-hydrogen) atoms. The number of fused-ring (bicyclic) bond motifs is 1. The Morgan fingerprint density at radius 2 is 2.13 bits per heavy atom. The molecule has 0 atom stereocenters. The van der Waals surface area contributed by atoms with Crippen molar-refractivity contribution in [2.45, 2.75) is 6.42 Å². The number of carbonyl (C=O) groups is 1. The summed E-state index contributed by atoms with van der Waals surface area (Å²) in [6.45, 7) is 0. The van der Waals surface area contributed by atoms with Crippen molar-refractivity contribution in [3.63, 3.8) is 0 Å². The molecule has 158 valence electrons. The summed E-state index contributed by atoms with van der Waals surface area (Å²) >= 11 is 1.18. The zero-order chi connectivity index (χ0) is 22.1. The molecule has 0 fully saturated rings. The number of methoxy groups -OCH3 is 1. The van der Waals surface area contributed by atoms with Gasteiger partial charge in [0.25, 0.3) is 5.56 Å². The molecule has 0 bridgehead atoms. The van der Waals surface area contributed by atoms with Gasteiger partial charge in [-0.1, -0.05) is 0 Å². The van der Waals surface area contributed by atoms with Crippen LogP contribution in [-0.4, -0.2) is 32.5 Å². The normalized spacial score (nSPS) is 10.9. The highest BCUT2D eigenvalue weighted by molar-refractivity contribution is 7.14. The number of anilines is 1. The number of hydrogen-bond donors (Lipinski definition) is 2. The van der Waals surface area contributed by atoms with Gasteiger partial charge in [-0.3, -0.25) is 19.1 Å². The van der Waals surface area contributed by atoms with Gasteiger partial charge in [0.15, 0.2) is 16.7 Å². The van der Waals surface area contributed by atoms with Crippen molar-refractivity contribution < 1.29 is 13.9 Å². The van der Waals surface area contributed by atoms with E-state index >= 15 is 0 Å². The first-order valence-electron chi connectivity index (χ1n) is 9.03. The number of aromatic amines is 1. The number of nitrogens with one attached hydrogen (secondary N) is 2. The first-order valence-corrected chi connectivity index (χ1v) is 9.91. The second-order valence-corrected chi connectivity index (χ2v) is 7.44. The molecule has 0 radical (unpaired) electrons. The molecule has 0 spiro atoms. The minimum Gasteiger partial charge on any atom is -0.494 e. The second-order valence-electron chi connectivity index (χ2n) is 6.59. The van der Waals surface area contributed by atoms with Crippen LogP contribution in [0.1, 0.15) is 5.69 Å². The van der Waals surface area contributed by atoms with E-state index in [1.807, 2.05) is 0 Å². The molecule has 11 heteroatoms. The SMILES string of the molecule is COc1ccc(-c2csc(NC(=O)Cc3nccc4[nH]c(=O)n(C)c(=O)c34)n2)cc1F. The summed E-state index contributed by atoms with van der Waals surface area (Å²) in [7, 11) is 2.73. The Morgan fingerprint density at radius 3 is 2.87 bits per heavy atom. The van der Waals surface area contributed by atoms with Crippen LogP contribution in [0.15, 0.2) is 45.4 Å². The highest BCUT2D eigenvalue weighted by Gasteiger charge is 2.15. The molecule has 4 aromatic rings. The van der Waals surface area contributed by atoms with Crippen LogP contribution in [0.3, 0.4) is 0 Å². The van der Waals surface area contributed by atoms with Crippen molar-refractivity contribution in [3.8, 4) is 17.0 Å². The lowest BCUT2D eigenvalue weighted by molar-refractivity contribution is -0.115. The van der Waals surface area contributed by atoms with Gasteiger partial charge in [0.2, 0.25) is 5.91 Å². The van der Waals surface area contributed by atoms with Crippen LogP contribution in [0.25, 0.3) is 22.2 Å². The topological polar surface area (TPSA) is 119 Å². The Balaban J connectivity index is 1.56. The first kappa shape index (κ1) is 20.4. The number of amides is 1. The summed E-state index contributed by atoms with van der Waals surface area (Å²) in [5.74, 6) is -0.821. The number of hydrogen-bond acceptors (Lipinski definition) is 7. The predicted molar refractivity (Wildman–Crippen MR) is 114 cm³/mol. The zero-order valence-corrected chi connectivity index (χ0v) is 17.2. The maximum Gasteiger partial charge on any atom is 0.328 e. The Morgan fingerprint density at radius 1 is 1.32 bits per heavy atom. The fourth-order valence-electron chi connectivity index (χ4n) is 3.05. The molecule has 3 aromatic heterocycles. The zero-order valence-electron chi connectivity index (χ0n) is 16.4. The number of aromatic nitrogens is 4. The molecule has 9 nitrogen and oxygen atoms in total. The van der Waals surface area contributed by atoms with Gasteiger partial charge in [-0.15, -0.1) is 11.3 Å². The maximum atomic E-state index is 13.9. The van der Waals surface area contributed by atoms with E-state index < -0.39 is 23.0 Å². The quantitative estimate of drug-likeness (QED) is 0.489. The van der Waals surface area contributed by atoms with E-state index in [0.29, 0.717) is 21.9 Å². The van der Waals surface area contributed by atoms with Crippen molar-refractivity contribution >= 4 is 33.3 Å². The molecule has 4 rings (SSSR count). The summed E-state index contributed by atoms with van der Waals surface area (Å²) in [5, 5.41) is 4.84. The molecule has 0 aliphatic heterocycles. The predicted octanol–water partition coefficient (Wildman–Crippen LogP) is 2.07. The van der Waals surface area contributed by atoms with E-state index in [1.165, 1.54) is 49.9 Å². The molecule has 0 saturated heterocycles. The molecule has 0 unspecified atom stereocenters. The third kappa shape index (κ3) is 3.94. The van der Waals surface area contributed by atoms with Gasteiger partial charge < -0.3 is 15.0 Å². The van der Waals surface area contributed by atoms with Gasteiger partial charge in [0.1, 0.15) is 0 Å². The average Bonchev–Trinajstić information content (AvgIpc) is 3.20. The van der Waals surface area contributed by atoms with E-state index in [2.05, 4.69) is 20.3 Å². The first-order chi connectivity index (χ1) is 14.9. The highest BCUT2D eigenvalue weighted by atomic mass is 32.1. The highest BCUT2D eigenvalue weighted by Crippen LogP contribution is 2.28. The molecule has 1 aromatic carbocycles. The van der Waals surface area contributed by atoms with Crippen LogP contribution in [-0.2, 0) is 18.3 Å². The number of ether oxygens (including phenoxy) is 1. The van der Waals surface area contributed by atoms with E-state index in [9.17, 15) is 18.8 Å². The number of benzene rings is 1.